The van der Waals surface area contributed by atoms with Gasteiger partial charge in [-0.2, -0.15) is 4.39 Å². The second-order valence-electron chi connectivity index (χ2n) is 8.74. The molecular formula is C19H22FN6O11PS. The van der Waals surface area contributed by atoms with Gasteiger partial charge in [0.2, 0.25) is 5.82 Å². The molecular weight excluding hydrogens is 570 g/mol. The molecule has 0 amide bonds. The standard InChI is InChI=1S/C19H22FN6O11PS/c20-7-2-25(19(31)24-16(7)30)11-1-8(27)9(36-11)3-34-38(32,33)35-4-10-13(28)14(29)18(37-10)26-6-23-12-15(26)21-5-22-17(12)39/h2,5-6,8-11,13-14,18,27-29H,1,3-4H2,(H,32,33)(H,21,22,39)(H,24,30,31). The number of hydrogen-bond acceptors (Lipinski definition) is 13. The lowest BCUT2D eigenvalue weighted by molar-refractivity contribution is -0.0598. The summed E-state index contributed by atoms with van der Waals surface area (Å²) in [5, 5.41) is 31.1. The van der Waals surface area contributed by atoms with Crippen molar-refractivity contribution in [2.45, 2.75) is 49.4 Å². The SMILES string of the molecule is O=c1[nH]c(=O)n(C2CC(O)C(COP(=O)(O)OCC3OC(n4cnc5c(=S)nc[nH]c54)C(O)C3O)O2)cc1F. The molecule has 2 aliphatic rings. The number of nitrogens with zero attached hydrogens (tertiary/aromatic N) is 4. The molecule has 8 unspecified atom stereocenters. The number of phosphoric ester groups is 1. The number of aromatic amines is 2. The third-order valence-electron chi connectivity index (χ3n) is 6.23. The predicted octanol–water partition coefficient (Wildman–Crippen LogP) is -1.42. The molecule has 3 aromatic rings. The highest BCUT2D eigenvalue weighted by atomic mass is 32.1. The zero-order chi connectivity index (χ0) is 28.1. The molecule has 5 rings (SSSR count). The summed E-state index contributed by atoms with van der Waals surface area (Å²) in [5.74, 6) is -1.24. The van der Waals surface area contributed by atoms with Gasteiger partial charge in [-0.05, 0) is 0 Å². The van der Waals surface area contributed by atoms with Gasteiger partial charge in [-0.3, -0.25) is 28.0 Å². The van der Waals surface area contributed by atoms with Crippen LogP contribution in [0.1, 0.15) is 18.9 Å². The highest BCUT2D eigenvalue weighted by Crippen LogP contribution is 2.45. The summed E-state index contributed by atoms with van der Waals surface area (Å²) in [7, 11) is -4.80. The molecule has 0 radical (unpaired) electrons. The average Bonchev–Trinajstić information content (AvgIpc) is 3.56. The first-order valence-corrected chi connectivity index (χ1v) is 13.2. The minimum Gasteiger partial charge on any atom is -0.390 e. The topological polar surface area (TPSA) is 236 Å². The van der Waals surface area contributed by atoms with Gasteiger partial charge in [0.1, 0.15) is 41.8 Å². The van der Waals surface area contributed by atoms with Gasteiger partial charge in [-0.25, -0.2) is 19.3 Å². The summed E-state index contributed by atoms with van der Waals surface area (Å²) in [5.41, 5.74) is -1.50. The fourth-order valence-electron chi connectivity index (χ4n) is 4.25. The molecule has 20 heteroatoms. The zero-order valence-electron chi connectivity index (χ0n) is 19.6. The Kier molecular flexibility index (Phi) is 7.63. The summed E-state index contributed by atoms with van der Waals surface area (Å²) in [6.07, 6.45) is -6.01. The maximum absolute atomic E-state index is 13.6. The highest BCUT2D eigenvalue weighted by molar-refractivity contribution is 7.71. The quantitative estimate of drug-likeness (QED) is 0.130. The Morgan fingerprint density at radius 1 is 1.13 bits per heavy atom. The van der Waals surface area contributed by atoms with Crippen LogP contribution < -0.4 is 11.2 Å². The Labute approximate surface area is 221 Å². The number of imidazole rings is 1. The van der Waals surface area contributed by atoms with E-state index in [2.05, 4.69) is 15.0 Å². The van der Waals surface area contributed by atoms with Crippen LogP contribution in [0.4, 0.5) is 4.39 Å². The second kappa shape index (κ2) is 10.7. The van der Waals surface area contributed by atoms with E-state index in [4.69, 9.17) is 30.7 Å². The lowest BCUT2D eigenvalue weighted by Crippen LogP contribution is -2.34. The van der Waals surface area contributed by atoms with Crippen molar-refractivity contribution in [3.63, 3.8) is 0 Å². The van der Waals surface area contributed by atoms with Crippen molar-refractivity contribution in [2.24, 2.45) is 0 Å². The van der Waals surface area contributed by atoms with E-state index in [1.807, 2.05) is 0 Å². The molecule has 2 saturated heterocycles. The third kappa shape index (κ3) is 5.50. The van der Waals surface area contributed by atoms with Crippen LogP contribution in [-0.4, -0.2) is 93.0 Å². The van der Waals surface area contributed by atoms with Crippen molar-refractivity contribution in [3.05, 3.63) is 50.1 Å². The van der Waals surface area contributed by atoms with E-state index in [0.717, 1.165) is 4.57 Å². The number of H-pyrrole nitrogens is 2. The minimum absolute atomic E-state index is 0.203. The van der Waals surface area contributed by atoms with Gasteiger partial charge in [0, 0.05) is 6.42 Å². The second-order valence-corrected chi connectivity index (χ2v) is 10.6. The summed E-state index contributed by atoms with van der Waals surface area (Å²) in [6, 6.07) is 0. The van der Waals surface area contributed by atoms with Crippen molar-refractivity contribution >= 4 is 31.2 Å². The van der Waals surface area contributed by atoms with Crippen LogP contribution in [0, 0.1) is 10.5 Å². The number of aliphatic hydroxyl groups excluding tert-OH is 3. The lowest BCUT2D eigenvalue weighted by atomic mass is 10.1. The molecule has 0 aliphatic carbocycles. The Morgan fingerprint density at radius 3 is 2.59 bits per heavy atom. The number of halogens is 1. The van der Waals surface area contributed by atoms with E-state index in [-0.39, 0.29) is 11.1 Å². The van der Waals surface area contributed by atoms with Crippen molar-refractivity contribution in [3.8, 4) is 0 Å². The van der Waals surface area contributed by atoms with Gasteiger partial charge < -0.3 is 34.7 Å². The van der Waals surface area contributed by atoms with Gasteiger partial charge >= 0.3 is 13.5 Å². The highest BCUT2D eigenvalue weighted by Gasteiger charge is 2.45. The number of aliphatic hydroxyl groups is 3. The Morgan fingerprint density at radius 2 is 1.85 bits per heavy atom. The summed E-state index contributed by atoms with van der Waals surface area (Å²) >= 11 is 5.10. The normalized spacial score (nSPS) is 30.6. The van der Waals surface area contributed by atoms with E-state index >= 15 is 0 Å². The lowest BCUT2D eigenvalue weighted by Gasteiger charge is -2.20. The maximum atomic E-state index is 13.6. The third-order valence-corrected chi connectivity index (χ3v) is 7.48. The van der Waals surface area contributed by atoms with Gasteiger partial charge in [-0.15, -0.1) is 0 Å². The molecule has 2 fully saturated rings. The summed E-state index contributed by atoms with van der Waals surface area (Å²) in [6.45, 7) is -1.34. The monoisotopic (exact) mass is 592 g/mol. The molecule has 3 aromatic heterocycles. The minimum atomic E-state index is -4.80. The van der Waals surface area contributed by atoms with Crippen molar-refractivity contribution in [1.29, 1.82) is 0 Å². The van der Waals surface area contributed by atoms with Crippen LogP contribution in [0.25, 0.3) is 11.2 Å². The first kappa shape index (κ1) is 27.8. The van der Waals surface area contributed by atoms with E-state index in [1.54, 1.807) is 4.98 Å². The average molecular weight is 592 g/mol. The number of ether oxygens (including phenoxy) is 2. The number of nitrogens with one attached hydrogen (secondary N) is 2. The van der Waals surface area contributed by atoms with E-state index in [1.165, 1.54) is 17.2 Å². The van der Waals surface area contributed by atoms with Gasteiger partial charge in [0.05, 0.1) is 38.2 Å². The van der Waals surface area contributed by atoms with E-state index in [0.29, 0.717) is 17.4 Å². The summed E-state index contributed by atoms with van der Waals surface area (Å²) in [4.78, 5) is 45.8. The molecule has 0 saturated carbocycles. The van der Waals surface area contributed by atoms with Crippen LogP contribution in [-0.2, 0) is 23.1 Å². The first-order chi connectivity index (χ1) is 18.4. The molecule has 8 atom stereocenters. The van der Waals surface area contributed by atoms with Crippen LogP contribution in [0.2, 0.25) is 0 Å². The molecule has 39 heavy (non-hydrogen) atoms. The number of hydrogen-bond donors (Lipinski definition) is 6. The summed E-state index contributed by atoms with van der Waals surface area (Å²) < 4.78 is 49.2. The molecule has 5 heterocycles. The molecule has 2 aliphatic heterocycles. The Balaban J connectivity index is 1.18. The van der Waals surface area contributed by atoms with Crippen molar-refractivity contribution in [1.82, 2.24) is 29.1 Å². The molecule has 212 valence electrons. The molecule has 6 N–H and O–H groups in total. The first-order valence-electron chi connectivity index (χ1n) is 11.3. The van der Waals surface area contributed by atoms with Gasteiger partial charge in [0.15, 0.2) is 10.9 Å². The number of fused-ring (bicyclic) bond motifs is 1. The molecule has 0 spiro atoms. The number of aromatic nitrogens is 6. The van der Waals surface area contributed by atoms with Crippen molar-refractivity contribution in [2.75, 3.05) is 13.2 Å². The zero-order valence-corrected chi connectivity index (χ0v) is 21.3. The Bertz CT molecular complexity index is 1590. The molecule has 17 nitrogen and oxygen atoms in total. The van der Waals surface area contributed by atoms with Crippen LogP contribution in [0.15, 0.2) is 28.4 Å². The van der Waals surface area contributed by atoms with Gasteiger partial charge in [0.25, 0.3) is 5.56 Å². The Hall–Kier alpha value is -2.71. The smallest absolute Gasteiger partial charge is 0.390 e. The maximum Gasteiger partial charge on any atom is 0.472 e. The van der Waals surface area contributed by atoms with Gasteiger partial charge in [-0.1, -0.05) is 12.2 Å². The van der Waals surface area contributed by atoms with Crippen LogP contribution in [0.5, 0.6) is 0 Å². The fourth-order valence-corrected chi connectivity index (χ4v) is 5.19. The van der Waals surface area contributed by atoms with E-state index in [9.17, 15) is 38.8 Å². The van der Waals surface area contributed by atoms with Crippen LogP contribution >= 0.6 is 20.0 Å². The fraction of sp³-hybridized carbons (Fsp3) is 0.526. The predicted molar refractivity (Wildman–Crippen MR) is 126 cm³/mol. The molecule has 0 bridgehead atoms. The van der Waals surface area contributed by atoms with E-state index < -0.39 is 81.1 Å². The number of phosphoric acid groups is 1. The largest absolute Gasteiger partial charge is 0.472 e. The van der Waals surface area contributed by atoms with Crippen LogP contribution in [0.3, 0.4) is 0 Å². The molecule has 0 aromatic carbocycles. The van der Waals surface area contributed by atoms with Crippen molar-refractivity contribution < 1.29 is 47.7 Å². The number of rotatable bonds is 8.